The fraction of sp³-hybridized carbons (Fsp3) is 0.0769. The molecule has 0 saturated heterocycles. The summed E-state index contributed by atoms with van der Waals surface area (Å²) in [6.07, 6.45) is 1.61. The van der Waals surface area contributed by atoms with E-state index in [1.807, 2.05) is 23.6 Å². The molecule has 3 heterocycles. The van der Waals surface area contributed by atoms with Gasteiger partial charge in [0.05, 0.1) is 16.8 Å². The first kappa shape index (κ1) is 11.0. The predicted molar refractivity (Wildman–Crippen MR) is 72.2 cm³/mol. The van der Waals surface area contributed by atoms with E-state index >= 15 is 0 Å². The monoisotopic (exact) mass is 257 g/mol. The van der Waals surface area contributed by atoms with Crippen LogP contribution in [0, 0.1) is 6.92 Å². The third kappa shape index (κ3) is 1.89. The van der Waals surface area contributed by atoms with Crippen molar-refractivity contribution >= 4 is 17.3 Å². The molecule has 0 amide bonds. The second-order valence-electron chi connectivity index (χ2n) is 3.91. The second kappa shape index (κ2) is 4.27. The maximum absolute atomic E-state index is 5.76. The zero-order valence-corrected chi connectivity index (χ0v) is 10.6. The molecule has 0 atom stereocenters. The minimum Gasteiger partial charge on any atom is -0.463 e. The topological polar surface area (TPSA) is 64.9 Å². The van der Waals surface area contributed by atoms with Gasteiger partial charge in [-0.25, -0.2) is 9.97 Å². The van der Waals surface area contributed by atoms with Crippen LogP contribution < -0.4 is 5.73 Å². The molecule has 0 aliphatic heterocycles. The molecule has 90 valence electrons. The normalized spacial score (nSPS) is 10.7. The second-order valence-corrected chi connectivity index (χ2v) is 4.82. The van der Waals surface area contributed by atoms with Crippen LogP contribution in [0.2, 0.25) is 0 Å². The van der Waals surface area contributed by atoms with E-state index in [9.17, 15) is 0 Å². The fourth-order valence-corrected chi connectivity index (χ4v) is 2.66. The quantitative estimate of drug-likeness (QED) is 0.764. The first-order valence-electron chi connectivity index (χ1n) is 5.47. The largest absolute Gasteiger partial charge is 0.463 e. The number of thiophene rings is 1. The molecule has 4 nitrogen and oxygen atoms in total. The number of aromatic nitrogens is 2. The minimum absolute atomic E-state index is 0.256. The molecule has 3 rings (SSSR count). The Hall–Kier alpha value is -2.14. The molecule has 0 radical (unpaired) electrons. The van der Waals surface area contributed by atoms with Gasteiger partial charge < -0.3 is 10.2 Å². The number of aryl methyl sites for hydroxylation is 1. The van der Waals surface area contributed by atoms with Crippen molar-refractivity contribution in [1.82, 2.24) is 9.97 Å². The number of nitrogens with zero attached hydrogens (tertiary/aromatic N) is 2. The molecule has 0 aliphatic carbocycles. The summed E-state index contributed by atoms with van der Waals surface area (Å²) in [7, 11) is 0. The highest BCUT2D eigenvalue weighted by Gasteiger charge is 2.11. The highest BCUT2D eigenvalue weighted by Crippen LogP contribution is 2.30. The van der Waals surface area contributed by atoms with E-state index in [1.165, 1.54) is 5.56 Å². The molecule has 0 spiro atoms. The smallest absolute Gasteiger partial charge is 0.221 e. The number of rotatable bonds is 2. The van der Waals surface area contributed by atoms with Crippen LogP contribution in [0.3, 0.4) is 0 Å². The molecular weight excluding hydrogens is 246 g/mol. The van der Waals surface area contributed by atoms with E-state index < -0.39 is 0 Å². The highest BCUT2D eigenvalue weighted by atomic mass is 32.1. The van der Waals surface area contributed by atoms with Crippen LogP contribution >= 0.6 is 11.3 Å². The fourth-order valence-electron chi connectivity index (χ4n) is 1.77. The van der Waals surface area contributed by atoms with Gasteiger partial charge in [-0.05, 0) is 42.1 Å². The number of furan rings is 1. The lowest BCUT2D eigenvalue weighted by Gasteiger charge is -2.03. The summed E-state index contributed by atoms with van der Waals surface area (Å²) in [5.74, 6) is 0.950. The van der Waals surface area contributed by atoms with Gasteiger partial charge in [-0.2, -0.15) is 0 Å². The molecule has 0 aromatic carbocycles. The van der Waals surface area contributed by atoms with Crippen molar-refractivity contribution < 1.29 is 4.42 Å². The van der Waals surface area contributed by atoms with Crippen molar-refractivity contribution in [3.63, 3.8) is 0 Å². The molecule has 0 fully saturated rings. The first-order valence-corrected chi connectivity index (χ1v) is 6.35. The third-order valence-electron chi connectivity index (χ3n) is 2.61. The summed E-state index contributed by atoms with van der Waals surface area (Å²) >= 11 is 1.64. The van der Waals surface area contributed by atoms with Crippen molar-refractivity contribution in [2.24, 2.45) is 0 Å². The van der Waals surface area contributed by atoms with Gasteiger partial charge in [0.2, 0.25) is 5.95 Å². The Morgan fingerprint density at radius 3 is 2.72 bits per heavy atom. The maximum Gasteiger partial charge on any atom is 0.221 e. The maximum atomic E-state index is 5.76. The molecule has 0 unspecified atom stereocenters. The van der Waals surface area contributed by atoms with Gasteiger partial charge in [0.15, 0.2) is 5.76 Å². The molecule has 3 aromatic heterocycles. The number of hydrogen-bond donors (Lipinski definition) is 1. The SMILES string of the molecule is Cc1ccsc1-c1cc(-c2ccco2)nc(N)n1. The van der Waals surface area contributed by atoms with Crippen LogP contribution in [0.5, 0.6) is 0 Å². The van der Waals surface area contributed by atoms with E-state index in [-0.39, 0.29) is 5.95 Å². The molecule has 0 aliphatic rings. The molecule has 0 bridgehead atoms. The van der Waals surface area contributed by atoms with Crippen LogP contribution in [0.1, 0.15) is 5.56 Å². The average Bonchev–Trinajstić information content (AvgIpc) is 2.98. The molecule has 0 saturated carbocycles. The molecule has 2 N–H and O–H groups in total. The number of nitrogens with two attached hydrogens (primary N) is 1. The molecule has 5 heteroatoms. The first-order chi connectivity index (χ1) is 8.74. The van der Waals surface area contributed by atoms with Gasteiger partial charge in [-0.15, -0.1) is 11.3 Å². The van der Waals surface area contributed by atoms with Gasteiger partial charge in [-0.1, -0.05) is 0 Å². The van der Waals surface area contributed by atoms with Crippen LogP contribution in [0.25, 0.3) is 22.0 Å². The summed E-state index contributed by atoms with van der Waals surface area (Å²) < 4.78 is 5.33. The molecule has 3 aromatic rings. The van der Waals surface area contributed by atoms with E-state index in [4.69, 9.17) is 10.2 Å². The summed E-state index contributed by atoms with van der Waals surface area (Å²) in [5.41, 5.74) is 8.48. The minimum atomic E-state index is 0.256. The van der Waals surface area contributed by atoms with Crippen molar-refractivity contribution in [3.8, 4) is 22.0 Å². The van der Waals surface area contributed by atoms with Crippen LogP contribution in [0.15, 0.2) is 40.3 Å². The lowest BCUT2D eigenvalue weighted by atomic mass is 10.2. The average molecular weight is 257 g/mol. The summed E-state index contributed by atoms with van der Waals surface area (Å²) in [6.45, 7) is 2.05. The zero-order chi connectivity index (χ0) is 12.5. The van der Waals surface area contributed by atoms with Gasteiger partial charge in [0.25, 0.3) is 0 Å². The molecular formula is C13H11N3OS. The third-order valence-corrected chi connectivity index (χ3v) is 3.65. The standard InChI is InChI=1S/C13H11N3OS/c1-8-4-6-18-12(8)10-7-9(15-13(14)16-10)11-3-2-5-17-11/h2-7H,1H3,(H2,14,15,16). The Bertz CT molecular complexity index is 673. The Morgan fingerprint density at radius 1 is 1.22 bits per heavy atom. The van der Waals surface area contributed by atoms with E-state index in [0.29, 0.717) is 11.5 Å². The van der Waals surface area contributed by atoms with Gasteiger partial charge in [0, 0.05) is 0 Å². The van der Waals surface area contributed by atoms with Crippen molar-refractivity contribution in [3.05, 3.63) is 41.5 Å². The lowest BCUT2D eigenvalue weighted by molar-refractivity contribution is 0.580. The van der Waals surface area contributed by atoms with Gasteiger partial charge in [-0.3, -0.25) is 0 Å². The Kier molecular flexibility index (Phi) is 2.60. The summed E-state index contributed by atoms with van der Waals surface area (Å²) in [4.78, 5) is 9.58. The lowest BCUT2D eigenvalue weighted by Crippen LogP contribution is -1.98. The zero-order valence-electron chi connectivity index (χ0n) is 9.75. The van der Waals surface area contributed by atoms with E-state index in [1.54, 1.807) is 17.6 Å². The summed E-state index contributed by atoms with van der Waals surface area (Å²) in [6, 6.07) is 7.63. The summed E-state index contributed by atoms with van der Waals surface area (Å²) in [5, 5.41) is 2.04. The van der Waals surface area contributed by atoms with E-state index in [0.717, 1.165) is 10.6 Å². The van der Waals surface area contributed by atoms with Crippen molar-refractivity contribution in [2.75, 3.05) is 5.73 Å². The number of nitrogen functional groups attached to an aromatic ring is 1. The van der Waals surface area contributed by atoms with Crippen LogP contribution in [-0.4, -0.2) is 9.97 Å². The highest BCUT2D eigenvalue weighted by molar-refractivity contribution is 7.13. The Balaban J connectivity index is 2.15. The number of hydrogen-bond acceptors (Lipinski definition) is 5. The van der Waals surface area contributed by atoms with Gasteiger partial charge in [0.1, 0.15) is 5.69 Å². The van der Waals surface area contributed by atoms with Crippen molar-refractivity contribution in [1.29, 1.82) is 0 Å². The Morgan fingerprint density at radius 2 is 2.06 bits per heavy atom. The number of anilines is 1. The Labute approximate surface area is 108 Å². The van der Waals surface area contributed by atoms with Gasteiger partial charge >= 0.3 is 0 Å². The molecule has 18 heavy (non-hydrogen) atoms. The van der Waals surface area contributed by atoms with Crippen LogP contribution in [-0.2, 0) is 0 Å². The predicted octanol–water partition coefficient (Wildman–Crippen LogP) is 3.36. The van der Waals surface area contributed by atoms with E-state index in [2.05, 4.69) is 23.0 Å². The van der Waals surface area contributed by atoms with Crippen molar-refractivity contribution in [2.45, 2.75) is 6.92 Å². The van der Waals surface area contributed by atoms with Crippen LogP contribution in [0.4, 0.5) is 5.95 Å².